The van der Waals surface area contributed by atoms with Crippen molar-refractivity contribution in [1.29, 1.82) is 0 Å². The summed E-state index contributed by atoms with van der Waals surface area (Å²) in [5.41, 5.74) is 0.872. The summed E-state index contributed by atoms with van der Waals surface area (Å²) >= 11 is 0. The largest absolute Gasteiger partial charge is 0.493 e. The zero-order chi connectivity index (χ0) is 23.3. The predicted molar refractivity (Wildman–Crippen MR) is 134 cm³/mol. The van der Waals surface area contributed by atoms with E-state index in [2.05, 4.69) is 37.5 Å². The molecular formula is C26H50N4O2. The lowest BCUT2D eigenvalue weighted by atomic mass is 10.0. The van der Waals surface area contributed by atoms with E-state index in [-0.39, 0.29) is 11.6 Å². The van der Waals surface area contributed by atoms with Gasteiger partial charge in [-0.15, -0.1) is 0 Å². The van der Waals surface area contributed by atoms with Crippen molar-refractivity contribution in [3.05, 3.63) is 16.2 Å². The lowest BCUT2D eigenvalue weighted by Crippen LogP contribution is -2.38. The van der Waals surface area contributed by atoms with Crippen molar-refractivity contribution in [2.45, 2.75) is 124 Å². The molecule has 0 unspecified atom stereocenters. The van der Waals surface area contributed by atoms with Crippen LogP contribution in [0.3, 0.4) is 0 Å². The van der Waals surface area contributed by atoms with Gasteiger partial charge in [0.25, 0.3) is 0 Å². The summed E-state index contributed by atoms with van der Waals surface area (Å²) in [6.07, 6.45) is 13.7. The molecule has 1 aromatic rings. The third-order valence-electron chi connectivity index (χ3n) is 6.97. The van der Waals surface area contributed by atoms with Crippen LogP contribution in [0.25, 0.3) is 0 Å². The van der Waals surface area contributed by atoms with Gasteiger partial charge in [0.05, 0.1) is 19.0 Å². The van der Waals surface area contributed by atoms with Crippen LogP contribution in [0.5, 0.6) is 5.88 Å². The third kappa shape index (κ3) is 7.65. The SMILES string of the molecule is CCCCN(CCCC)Cn1c(O)c(C2CCCC2)n(CN(CCCC)CCCC)c1=O. The number of aromatic nitrogens is 2. The molecule has 1 saturated carbocycles. The fourth-order valence-corrected chi connectivity index (χ4v) is 4.90. The summed E-state index contributed by atoms with van der Waals surface area (Å²) in [6.45, 7) is 13.9. The molecule has 0 amide bonds. The predicted octanol–water partition coefficient (Wildman–Crippen LogP) is 5.73. The molecule has 2 rings (SSSR count). The second-order valence-corrected chi connectivity index (χ2v) is 9.76. The van der Waals surface area contributed by atoms with Crippen LogP contribution in [0.4, 0.5) is 0 Å². The molecule has 0 spiro atoms. The highest BCUT2D eigenvalue weighted by Crippen LogP contribution is 2.38. The second-order valence-electron chi connectivity index (χ2n) is 9.76. The molecule has 6 nitrogen and oxygen atoms in total. The molecule has 0 saturated heterocycles. The number of rotatable bonds is 17. The molecule has 0 aromatic carbocycles. The third-order valence-corrected chi connectivity index (χ3v) is 6.97. The zero-order valence-corrected chi connectivity index (χ0v) is 21.4. The molecule has 0 aliphatic heterocycles. The summed E-state index contributed by atoms with van der Waals surface area (Å²) in [5.74, 6) is 0.536. The van der Waals surface area contributed by atoms with Crippen molar-refractivity contribution < 1.29 is 5.11 Å². The molecule has 0 atom stereocenters. The summed E-state index contributed by atoms with van der Waals surface area (Å²) in [4.78, 5) is 18.4. The smallest absolute Gasteiger partial charge is 0.333 e. The average Bonchev–Trinajstić information content (AvgIpc) is 3.40. The van der Waals surface area contributed by atoms with Gasteiger partial charge in [-0.05, 0) is 64.7 Å². The van der Waals surface area contributed by atoms with Crippen LogP contribution >= 0.6 is 0 Å². The Hall–Kier alpha value is -1.27. The van der Waals surface area contributed by atoms with Crippen LogP contribution in [0.1, 0.15) is 116 Å². The molecule has 1 aliphatic rings. The van der Waals surface area contributed by atoms with Crippen molar-refractivity contribution in [1.82, 2.24) is 18.9 Å². The lowest BCUT2D eigenvalue weighted by Gasteiger charge is -2.24. The van der Waals surface area contributed by atoms with Crippen molar-refractivity contribution in [3.8, 4) is 5.88 Å². The second kappa shape index (κ2) is 14.8. The monoisotopic (exact) mass is 450 g/mol. The van der Waals surface area contributed by atoms with E-state index in [1.807, 2.05) is 4.57 Å². The Labute approximate surface area is 196 Å². The fraction of sp³-hybridized carbons (Fsp3) is 0.885. The minimum absolute atomic E-state index is 0.0274. The van der Waals surface area contributed by atoms with E-state index in [4.69, 9.17) is 0 Å². The first-order valence-corrected chi connectivity index (χ1v) is 13.5. The van der Waals surface area contributed by atoms with Gasteiger partial charge in [0.2, 0.25) is 5.88 Å². The molecule has 0 bridgehead atoms. The Morgan fingerprint density at radius 1 is 0.750 bits per heavy atom. The Morgan fingerprint density at radius 3 is 1.56 bits per heavy atom. The molecular weight excluding hydrogens is 400 g/mol. The standard InChI is InChI=1S/C26H50N4O2/c1-5-9-17-27(18-10-6-2)21-29-24(23-15-13-14-16-23)25(31)30(26(29)32)22-28(19-11-7-3)20-12-8-4/h23,31H,5-22H2,1-4H3. The number of aromatic hydroxyl groups is 1. The maximum absolute atomic E-state index is 13.6. The van der Waals surface area contributed by atoms with Crippen molar-refractivity contribution in [3.63, 3.8) is 0 Å². The van der Waals surface area contributed by atoms with Gasteiger partial charge in [0.1, 0.15) is 0 Å². The van der Waals surface area contributed by atoms with Crippen LogP contribution in [-0.4, -0.2) is 50.2 Å². The van der Waals surface area contributed by atoms with E-state index in [0.717, 1.165) is 96.1 Å². The molecule has 32 heavy (non-hydrogen) atoms. The van der Waals surface area contributed by atoms with Gasteiger partial charge >= 0.3 is 5.69 Å². The fourth-order valence-electron chi connectivity index (χ4n) is 4.90. The van der Waals surface area contributed by atoms with E-state index in [1.165, 1.54) is 12.8 Å². The van der Waals surface area contributed by atoms with Crippen LogP contribution in [0, 0.1) is 0 Å². The number of hydrogen-bond donors (Lipinski definition) is 1. The topological polar surface area (TPSA) is 53.6 Å². The van der Waals surface area contributed by atoms with Crippen molar-refractivity contribution >= 4 is 0 Å². The van der Waals surface area contributed by atoms with E-state index >= 15 is 0 Å². The van der Waals surface area contributed by atoms with Gasteiger partial charge in [-0.3, -0.25) is 14.4 Å². The number of nitrogens with zero attached hydrogens (tertiary/aromatic N) is 4. The first kappa shape index (κ1) is 27.0. The Morgan fingerprint density at radius 2 is 1.16 bits per heavy atom. The van der Waals surface area contributed by atoms with Gasteiger partial charge in [0, 0.05) is 5.92 Å². The Kier molecular flexibility index (Phi) is 12.5. The van der Waals surface area contributed by atoms with E-state index in [9.17, 15) is 9.90 Å². The van der Waals surface area contributed by atoms with Gasteiger partial charge < -0.3 is 5.11 Å². The van der Waals surface area contributed by atoms with Gasteiger partial charge in [-0.1, -0.05) is 66.2 Å². The van der Waals surface area contributed by atoms with E-state index in [1.54, 1.807) is 4.57 Å². The summed E-state index contributed by atoms with van der Waals surface area (Å²) in [6, 6.07) is 0. The van der Waals surface area contributed by atoms with E-state index < -0.39 is 0 Å². The van der Waals surface area contributed by atoms with Gasteiger partial charge in [-0.25, -0.2) is 9.36 Å². The molecule has 6 heteroatoms. The van der Waals surface area contributed by atoms with Crippen molar-refractivity contribution in [2.75, 3.05) is 26.2 Å². The molecule has 0 radical (unpaired) electrons. The normalized spacial score (nSPS) is 14.9. The van der Waals surface area contributed by atoms with Crippen LogP contribution in [0.2, 0.25) is 0 Å². The first-order valence-electron chi connectivity index (χ1n) is 13.5. The molecule has 1 aromatic heterocycles. The summed E-state index contributed by atoms with van der Waals surface area (Å²) in [5, 5.41) is 11.3. The van der Waals surface area contributed by atoms with Gasteiger partial charge in [0.15, 0.2) is 0 Å². The molecule has 1 aliphatic carbocycles. The van der Waals surface area contributed by atoms with Crippen LogP contribution < -0.4 is 5.69 Å². The molecule has 1 fully saturated rings. The van der Waals surface area contributed by atoms with Gasteiger partial charge in [-0.2, -0.15) is 0 Å². The zero-order valence-electron chi connectivity index (χ0n) is 21.4. The molecule has 186 valence electrons. The van der Waals surface area contributed by atoms with Crippen molar-refractivity contribution in [2.24, 2.45) is 0 Å². The minimum atomic E-state index is -0.0274. The van der Waals surface area contributed by atoms with Crippen LogP contribution in [0.15, 0.2) is 4.79 Å². The first-order chi connectivity index (χ1) is 15.6. The maximum Gasteiger partial charge on any atom is 0.333 e. The Bertz CT molecular complexity index is 675. The lowest BCUT2D eigenvalue weighted by molar-refractivity contribution is 0.191. The number of unbranched alkanes of at least 4 members (excludes halogenated alkanes) is 4. The highest BCUT2D eigenvalue weighted by atomic mass is 16.3. The Balaban J connectivity index is 2.35. The maximum atomic E-state index is 13.6. The summed E-state index contributed by atoms with van der Waals surface area (Å²) in [7, 11) is 0. The highest BCUT2D eigenvalue weighted by Gasteiger charge is 2.29. The molecule has 1 N–H and O–H groups in total. The van der Waals surface area contributed by atoms with Crippen LogP contribution in [-0.2, 0) is 13.3 Å². The average molecular weight is 451 g/mol. The summed E-state index contributed by atoms with van der Waals surface area (Å²) < 4.78 is 3.59. The van der Waals surface area contributed by atoms with E-state index in [0.29, 0.717) is 19.3 Å². The number of imidazole rings is 1. The highest BCUT2D eigenvalue weighted by molar-refractivity contribution is 5.25. The minimum Gasteiger partial charge on any atom is -0.493 e. The molecule has 1 heterocycles. The quantitative estimate of drug-likeness (QED) is 0.329. The number of hydrogen-bond acceptors (Lipinski definition) is 4.